The van der Waals surface area contributed by atoms with Gasteiger partial charge in [-0.2, -0.15) is 13.2 Å². The first-order valence-electron chi connectivity index (χ1n) is 11.1. The van der Waals surface area contributed by atoms with Crippen LogP contribution in [0.1, 0.15) is 29.1 Å². The molecule has 0 bridgehead atoms. The standard InChI is InChI=1S/C25H22F3N3O5S/c1-3-35-22(33)18(23(34)36-4-2)14-29-24-31-19(15-9-6-5-7-10-15)20(37-24)21(32)30-17-12-8-11-16(13-17)25(26,27)28/h5-14,18H,3-4H2,1-2H3,(H,30,32). The van der Waals surface area contributed by atoms with Crippen LogP contribution in [-0.4, -0.2) is 42.3 Å². The maximum atomic E-state index is 13.1. The lowest BCUT2D eigenvalue weighted by Crippen LogP contribution is -2.29. The molecular formula is C25H22F3N3O5S. The number of anilines is 1. The average Bonchev–Trinajstić information content (AvgIpc) is 3.29. The summed E-state index contributed by atoms with van der Waals surface area (Å²) >= 11 is 0.836. The maximum absolute atomic E-state index is 13.1. The summed E-state index contributed by atoms with van der Waals surface area (Å²) in [5, 5.41) is 2.49. The van der Waals surface area contributed by atoms with Gasteiger partial charge in [-0.1, -0.05) is 47.7 Å². The minimum absolute atomic E-state index is 0.0339. The summed E-state index contributed by atoms with van der Waals surface area (Å²) in [7, 11) is 0. The molecular weight excluding hydrogens is 511 g/mol. The SMILES string of the molecule is CCOC(=O)C(C=Nc1nc(-c2ccccc2)c(C(=O)Nc2cccc(C(F)(F)F)c2)s1)C(=O)OCC. The Morgan fingerprint density at radius 2 is 1.68 bits per heavy atom. The predicted octanol–water partition coefficient (Wildman–Crippen LogP) is 5.53. The minimum Gasteiger partial charge on any atom is -0.465 e. The molecule has 8 nitrogen and oxygen atoms in total. The van der Waals surface area contributed by atoms with Crippen LogP contribution in [0.5, 0.6) is 0 Å². The molecule has 12 heteroatoms. The zero-order valence-electron chi connectivity index (χ0n) is 19.7. The molecule has 37 heavy (non-hydrogen) atoms. The number of hydrogen-bond acceptors (Lipinski definition) is 8. The molecule has 1 N–H and O–H groups in total. The van der Waals surface area contributed by atoms with Crippen LogP contribution in [-0.2, 0) is 25.2 Å². The fourth-order valence-electron chi connectivity index (χ4n) is 3.09. The van der Waals surface area contributed by atoms with E-state index >= 15 is 0 Å². The number of alkyl halides is 3. The van der Waals surface area contributed by atoms with Gasteiger partial charge in [-0.05, 0) is 32.0 Å². The van der Waals surface area contributed by atoms with E-state index in [9.17, 15) is 27.6 Å². The van der Waals surface area contributed by atoms with Gasteiger partial charge in [-0.3, -0.25) is 14.4 Å². The highest BCUT2D eigenvalue weighted by Gasteiger charge is 2.31. The third kappa shape index (κ3) is 7.23. The van der Waals surface area contributed by atoms with Gasteiger partial charge in [0.15, 0.2) is 5.92 Å². The van der Waals surface area contributed by atoms with E-state index in [2.05, 4.69) is 15.3 Å². The van der Waals surface area contributed by atoms with Gasteiger partial charge >= 0.3 is 18.1 Å². The minimum atomic E-state index is -4.57. The number of esters is 2. The molecule has 0 saturated carbocycles. The third-order valence-corrected chi connectivity index (χ3v) is 5.69. The Morgan fingerprint density at radius 3 is 2.27 bits per heavy atom. The Hall–Kier alpha value is -4.06. The number of ether oxygens (including phenoxy) is 2. The number of nitrogens with zero attached hydrogens (tertiary/aromatic N) is 2. The van der Waals surface area contributed by atoms with Crippen molar-refractivity contribution in [1.82, 2.24) is 4.98 Å². The molecule has 2 aromatic carbocycles. The number of rotatable bonds is 9. The molecule has 0 fully saturated rings. The van der Waals surface area contributed by atoms with Crippen LogP contribution in [0.4, 0.5) is 24.0 Å². The highest BCUT2D eigenvalue weighted by atomic mass is 32.1. The molecule has 0 radical (unpaired) electrons. The van der Waals surface area contributed by atoms with Gasteiger partial charge in [0, 0.05) is 17.5 Å². The molecule has 0 aliphatic rings. The van der Waals surface area contributed by atoms with E-state index in [4.69, 9.17) is 9.47 Å². The zero-order valence-corrected chi connectivity index (χ0v) is 20.6. The van der Waals surface area contributed by atoms with Crippen LogP contribution < -0.4 is 5.32 Å². The van der Waals surface area contributed by atoms with Gasteiger partial charge in [0.25, 0.3) is 5.91 Å². The number of amides is 1. The molecule has 0 aliphatic heterocycles. The highest BCUT2D eigenvalue weighted by molar-refractivity contribution is 7.17. The molecule has 0 aliphatic carbocycles. The lowest BCUT2D eigenvalue weighted by Gasteiger charge is -2.10. The Morgan fingerprint density at radius 1 is 1.03 bits per heavy atom. The normalized spacial score (nSPS) is 11.5. The number of thiazole rings is 1. The summed E-state index contributed by atoms with van der Waals surface area (Å²) < 4.78 is 49.0. The third-order valence-electron chi connectivity index (χ3n) is 4.73. The molecule has 0 atom stereocenters. The van der Waals surface area contributed by atoms with Gasteiger partial charge in [0.2, 0.25) is 5.13 Å². The fraction of sp³-hybridized carbons (Fsp3) is 0.240. The second kappa shape index (κ2) is 12.3. The number of aromatic nitrogens is 1. The number of hydrogen-bond donors (Lipinski definition) is 1. The van der Waals surface area contributed by atoms with Gasteiger partial charge < -0.3 is 14.8 Å². The van der Waals surface area contributed by atoms with Crippen molar-refractivity contribution in [2.75, 3.05) is 18.5 Å². The number of benzene rings is 2. The van der Waals surface area contributed by atoms with Crippen molar-refractivity contribution in [2.24, 2.45) is 10.9 Å². The topological polar surface area (TPSA) is 107 Å². The zero-order chi connectivity index (χ0) is 27.0. The smallest absolute Gasteiger partial charge is 0.416 e. The van der Waals surface area contributed by atoms with Crippen LogP contribution in [0.2, 0.25) is 0 Å². The van der Waals surface area contributed by atoms with Crippen molar-refractivity contribution < 1.29 is 37.0 Å². The second-order valence-corrected chi connectivity index (χ2v) is 8.31. The number of carbonyl (C=O) groups excluding carboxylic acids is 3. The first kappa shape index (κ1) is 27.5. The lowest BCUT2D eigenvalue weighted by molar-refractivity contribution is -0.157. The highest BCUT2D eigenvalue weighted by Crippen LogP contribution is 2.34. The molecule has 0 saturated heterocycles. The number of aliphatic imine (C=N–C) groups is 1. The van der Waals surface area contributed by atoms with E-state index in [1.807, 2.05) is 0 Å². The largest absolute Gasteiger partial charge is 0.465 e. The lowest BCUT2D eigenvalue weighted by atomic mass is 10.1. The predicted molar refractivity (Wildman–Crippen MR) is 132 cm³/mol. The summed E-state index contributed by atoms with van der Waals surface area (Å²) in [6, 6.07) is 12.8. The summed E-state index contributed by atoms with van der Waals surface area (Å²) in [5.74, 6) is -3.85. The number of nitrogens with one attached hydrogen (secondary N) is 1. The van der Waals surface area contributed by atoms with Crippen LogP contribution in [0.25, 0.3) is 11.3 Å². The fourth-order valence-corrected chi connectivity index (χ4v) is 3.93. The molecule has 194 valence electrons. The van der Waals surface area contributed by atoms with Crippen LogP contribution in [0.15, 0.2) is 59.6 Å². The Labute approximate surface area is 214 Å². The molecule has 1 aromatic heterocycles. The van der Waals surface area contributed by atoms with E-state index in [0.29, 0.717) is 5.56 Å². The van der Waals surface area contributed by atoms with Crippen molar-refractivity contribution in [3.8, 4) is 11.3 Å². The van der Waals surface area contributed by atoms with E-state index in [1.54, 1.807) is 44.2 Å². The first-order valence-corrected chi connectivity index (χ1v) is 11.9. The Kier molecular flexibility index (Phi) is 9.12. The molecule has 3 aromatic rings. The average molecular weight is 534 g/mol. The molecule has 1 heterocycles. The van der Waals surface area contributed by atoms with Gasteiger partial charge in [0.1, 0.15) is 4.88 Å². The molecule has 1 amide bonds. The van der Waals surface area contributed by atoms with Crippen LogP contribution in [0, 0.1) is 5.92 Å². The van der Waals surface area contributed by atoms with Gasteiger partial charge in [-0.15, -0.1) is 0 Å². The van der Waals surface area contributed by atoms with E-state index in [1.165, 1.54) is 12.1 Å². The van der Waals surface area contributed by atoms with Crippen molar-refractivity contribution in [2.45, 2.75) is 20.0 Å². The molecule has 0 unspecified atom stereocenters. The maximum Gasteiger partial charge on any atom is 0.416 e. The van der Waals surface area contributed by atoms with Gasteiger partial charge in [-0.25, -0.2) is 9.98 Å². The van der Waals surface area contributed by atoms with E-state index < -0.39 is 35.5 Å². The monoisotopic (exact) mass is 533 g/mol. The summed E-state index contributed by atoms with van der Waals surface area (Å²) in [5.41, 5.74) is -0.179. The summed E-state index contributed by atoms with van der Waals surface area (Å²) in [4.78, 5) is 46.0. The Balaban J connectivity index is 1.96. The van der Waals surface area contributed by atoms with E-state index in [0.717, 1.165) is 29.7 Å². The van der Waals surface area contributed by atoms with Crippen molar-refractivity contribution in [1.29, 1.82) is 0 Å². The Bertz CT molecular complexity index is 1270. The number of carbonyl (C=O) groups is 3. The first-order chi connectivity index (χ1) is 17.6. The van der Waals surface area contributed by atoms with Crippen LogP contribution >= 0.6 is 11.3 Å². The number of halogens is 3. The van der Waals surface area contributed by atoms with E-state index in [-0.39, 0.29) is 34.6 Å². The van der Waals surface area contributed by atoms with Crippen LogP contribution in [0.3, 0.4) is 0 Å². The van der Waals surface area contributed by atoms with Crippen molar-refractivity contribution in [3.63, 3.8) is 0 Å². The summed E-state index contributed by atoms with van der Waals surface area (Å²) in [6.45, 7) is 3.24. The molecule has 0 spiro atoms. The van der Waals surface area contributed by atoms with Crippen molar-refractivity contribution >= 4 is 46.2 Å². The van der Waals surface area contributed by atoms with Crippen molar-refractivity contribution in [3.05, 3.63) is 65.0 Å². The summed E-state index contributed by atoms with van der Waals surface area (Å²) in [6.07, 6.45) is -3.55. The van der Waals surface area contributed by atoms with Gasteiger partial charge in [0.05, 0.1) is 24.5 Å². The molecule has 3 rings (SSSR count). The second-order valence-electron chi connectivity index (χ2n) is 7.33. The quantitative estimate of drug-likeness (QED) is 0.220.